The lowest BCUT2D eigenvalue weighted by Crippen LogP contribution is -2.37. The Hall–Kier alpha value is -1.79. The first-order valence-corrected chi connectivity index (χ1v) is 7.69. The minimum atomic E-state index is -0.662. The number of rotatable bonds is 7. The second kappa shape index (κ2) is 7.66. The Labute approximate surface area is 136 Å². The van der Waals surface area contributed by atoms with E-state index in [9.17, 15) is 4.79 Å². The molecule has 1 aromatic rings. The molecule has 0 aliphatic carbocycles. The summed E-state index contributed by atoms with van der Waals surface area (Å²) in [5, 5.41) is 0. The second-order valence-electron chi connectivity index (χ2n) is 5.62. The van der Waals surface area contributed by atoms with E-state index in [4.69, 9.17) is 23.7 Å². The van der Waals surface area contributed by atoms with Crippen molar-refractivity contribution in [1.82, 2.24) is 0 Å². The van der Waals surface area contributed by atoms with Crippen LogP contribution in [0.2, 0.25) is 0 Å². The van der Waals surface area contributed by atoms with Crippen LogP contribution in [0.1, 0.15) is 30.6 Å². The molecule has 1 aliphatic rings. The molecular weight excluding hydrogens is 300 g/mol. The summed E-state index contributed by atoms with van der Waals surface area (Å²) in [4.78, 5) is 12.2. The molecule has 128 valence electrons. The highest BCUT2D eigenvalue weighted by atomic mass is 16.7. The van der Waals surface area contributed by atoms with Crippen LogP contribution in [-0.2, 0) is 14.2 Å². The van der Waals surface area contributed by atoms with E-state index in [1.54, 1.807) is 25.3 Å². The van der Waals surface area contributed by atoms with Crippen molar-refractivity contribution in [2.24, 2.45) is 5.92 Å². The Morgan fingerprint density at radius 2 is 1.91 bits per heavy atom. The number of esters is 1. The number of hydrogen-bond acceptors (Lipinski definition) is 6. The molecule has 1 aromatic carbocycles. The minimum absolute atomic E-state index is 0.180. The molecule has 0 N–H and O–H groups in total. The van der Waals surface area contributed by atoms with Gasteiger partial charge in [0, 0.05) is 18.4 Å². The highest BCUT2D eigenvalue weighted by Gasteiger charge is 2.39. The molecule has 1 saturated heterocycles. The Morgan fingerprint density at radius 1 is 1.22 bits per heavy atom. The minimum Gasteiger partial charge on any atom is -0.497 e. The van der Waals surface area contributed by atoms with E-state index in [1.165, 1.54) is 7.11 Å². The van der Waals surface area contributed by atoms with Gasteiger partial charge in [-0.25, -0.2) is 4.79 Å². The maximum absolute atomic E-state index is 12.2. The third-order valence-electron chi connectivity index (χ3n) is 3.97. The van der Waals surface area contributed by atoms with Crippen LogP contribution in [0.3, 0.4) is 0 Å². The van der Waals surface area contributed by atoms with Crippen LogP contribution in [0.15, 0.2) is 18.2 Å². The molecule has 1 aliphatic heterocycles. The van der Waals surface area contributed by atoms with Crippen LogP contribution in [0.25, 0.3) is 0 Å². The van der Waals surface area contributed by atoms with Crippen molar-refractivity contribution in [2.75, 3.05) is 34.0 Å². The highest BCUT2D eigenvalue weighted by Crippen LogP contribution is 2.32. The second-order valence-corrected chi connectivity index (χ2v) is 5.62. The predicted molar refractivity (Wildman–Crippen MR) is 83.9 cm³/mol. The molecule has 6 heteroatoms. The van der Waals surface area contributed by atoms with Crippen LogP contribution in [0.5, 0.6) is 11.5 Å². The summed E-state index contributed by atoms with van der Waals surface area (Å²) in [5.41, 5.74) is 0.361. The van der Waals surface area contributed by atoms with Crippen molar-refractivity contribution in [3.63, 3.8) is 0 Å². The molecule has 0 radical (unpaired) electrons. The van der Waals surface area contributed by atoms with Gasteiger partial charge in [-0.05, 0) is 12.1 Å². The first-order chi connectivity index (χ1) is 11.0. The van der Waals surface area contributed by atoms with Gasteiger partial charge in [0.2, 0.25) is 0 Å². The fourth-order valence-corrected chi connectivity index (χ4v) is 2.57. The van der Waals surface area contributed by atoms with Gasteiger partial charge >= 0.3 is 5.97 Å². The van der Waals surface area contributed by atoms with E-state index in [2.05, 4.69) is 0 Å². The smallest absolute Gasteiger partial charge is 0.341 e. The highest BCUT2D eigenvalue weighted by molar-refractivity contribution is 5.92. The van der Waals surface area contributed by atoms with Crippen LogP contribution in [0.4, 0.5) is 0 Å². The van der Waals surface area contributed by atoms with Crippen molar-refractivity contribution in [3.05, 3.63) is 23.8 Å². The van der Waals surface area contributed by atoms with Gasteiger partial charge in [-0.3, -0.25) is 0 Å². The largest absolute Gasteiger partial charge is 0.497 e. The van der Waals surface area contributed by atoms with E-state index in [1.807, 2.05) is 13.8 Å². The van der Waals surface area contributed by atoms with Crippen molar-refractivity contribution in [1.29, 1.82) is 0 Å². The summed E-state index contributed by atoms with van der Waals surface area (Å²) in [6.45, 7) is 5.41. The van der Waals surface area contributed by atoms with Gasteiger partial charge in [-0.1, -0.05) is 13.8 Å². The standard InChI is InChI=1S/C17H24O6/c1-12(2)17(22-9-10-23-17)7-8-21-16(18)14-6-5-13(19-3)11-15(14)20-4/h5-6,11-12H,7-10H2,1-4H3. The van der Waals surface area contributed by atoms with Gasteiger partial charge in [0.25, 0.3) is 0 Å². The number of hydrogen-bond donors (Lipinski definition) is 0. The van der Waals surface area contributed by atoms with Crippen LogP contribution in [-0.4, -0.2) is 45.8 Å². The number of carbonyl (C=O) groups excluding carboxylic acids is 1. The van der Waals surface area contributed by atoms with Crippen molar-refractivity contribution in [3.8, 4) is 11.5 Å². The predicted octanol–water partition coefficient (Wildman–Crippen LogP) is 2.65. The zero-order valence-corrected chi connectivity index (χ0v) is 14.1. The van der Waals surface area contributed by atoms with Crippen molar-refractivity contribution in [2.45, 2.75) is 26.1 Å². The lowest BCUT2D eigenvalue weighted by atomic mass is 10.00. The average Bonchev–Trinajstić information content (AvgIpc) is 3.04. The molecule has 23 heavy (non-hydrogen) atoms. The molecule has 1 fully saturated rings. The molecule has 1 heterocycles. The molecule has 0 saturated carbocycles. The summed E-state index contributed by atoms with van der Waals surface area (Å²) < 4.78 is 27.1. The van der Waals surface area contributed by atoms with Gasteiger partial charge in [-0.15, -0.1) is 0 Å². The Morgan fingerprint density at radius 3 is 2.48 bits per heavy atom. The zero-order valence-electron chi connectivity index (χ0n) is 14.1. The first kappa shape index (κ1) is 17.6. The third kappa shape index (κ3) is 3.95. The molecule has 0 spiro atoms. The third-order valence-corrected chi connectivity index (χ3v) is 3.97. The SMILES string of the molecule is COc1ccc(C(=O)OCCC2(C(C)C)OCCO2)c(OC)c1. The zero-order chi connectivity index (χ0) is 16.9. The van der Waals surface area contributed by atoms with Gasteiger partial charge in [0.1, 0.15) is 17.1 Å². The number of carbonyl (C=O) groups is 1. The molecule has 0 amide bonds. The van der Waals surface area contributed by atoms with Gasteiger partial charge in [0.15, 0.2) is 5.79 Å². The van der Waals surface area contributed by atoms with Gasteiger partial charge in [-0.2, -0.15) is 0 Å². The van der Waals surface area contributed by atoms with Crippen LogP contribution in [0, 0.1) is 5.92 Å². The molecule has 0 aromatic heterocycles. The lowest BCUT2D eigenvalue weighted by molar-refractivity contribution is -0.196. The summed E-state index contributed by atoms with van der Waals surface area (Å²) >= 11 is 0. The van der Waals surface area contributed by atoms with E-state index in [0.29, 0.717) is 36.7 Å². The van der Waals surface area contributed by atoms with Gasteiger partial charge < -0.3 is 23.7 Å². The molecule has 6 nitrogen and oxygen atoms in total. The summed E-state index contributed by atoms with van der Waals surface area (Å²) in [6.07, 6.45) is 0.495. The Bertz CT molecular complexity index is 534. The number of ether oxygens (including phenoxy) is 5. The fraction of sp³-hybridized carbons (Fsp3) is 0.588. The fourth-order valence-electron chi connectivity index (χ4n) is 2.57. The topological polar surface area (TPSA) is 63.2 Å². The van der Waals surface area contributed by atoms with Gasteiger partial charge in [0.05, 0.1) is 34.0 Å². The molecule has 0 bridgehead atoms. The molecule has 0 unspecified atom stereocenters. The lowest BCUT2D eigenvalue weighted by Gasteiger charge is -2.31. The quantitative estimate of drug-likeness (QED) is 0.719. The molecular formula is C17H24O6. The maximum atomic E-state index is 12.2. The Kier molecular flexibility index (Phi) is 5.85. The molecule has 0 atom stereocenters. The molecule has 2 rings (SSSR count). The summed E-state index contributed by atoms with van der Waals surface area (Å²) in [7, 11) is 3.05. The summed E-state index contributed by atoms with van der Waals surface area (Å²) in [5.74, 6) is 0.108. The van der Waals surface area contributed by atoms with Crippen LogP contribution < -0.4 is 9.47 Å². The monoisotopic (exact) mass is 324 g/mol. The van der Waals surface area contributed by atoms with Crippen molar-refractivity contribution >= 4 is 5.97 Å². The van der Waals surface area contributed by atoms with E-state index >= 15 is 0 Å². The summed E-state index contributed by atoms with van der Waals surface area (Å²) in [6, 6.07) is 4.97. The van der Waals surface area contributed by atoms with E-state index in [0.717, 1.165) is 0 Å². The van der Waals surface area contributed by atoms with Crippen molar-refractivity contribution < 1.29 is 28.5 Å². The van der Waals surface area contributed by atoms with E-state index < -0.39 is 11.8 Å². The average molecular weight is 324 g/mol. The number of methoxy groups -OCH3 is 2. The Balaban J connectivity index is 1.97. The normalized spacial score (nSPS) is 16.4. The van der Waals surface area contributed by atoms with Crippen LogP contribution >= 0.6 is 0 Å². The van der Waals surface area contributed by atoms with E-state index in [-0.39, 0.29) is 12.5 Å². The maximum Gasteiger partial charge on any atom is 0.341 e. The first-order valence-electron chi connectivity index (χ1n) is 7.69. The number of benzene rings is 1.